The lowest BCUT2D eigenvalue weighted by atomic mass is 10.0. The number of nitrogens with one attached hydrogen (secondary N) is 1. The fourth-order valence-corrected chi connectivity index (χ4v) is 3.82. The minimum Gasteiger partial charge on any atom is -0.292 e. The number of fused-ring (bicyclic) bond motifs is 1. The third kappa shape index (κ3) is 2.85. The Morgan fingerprint density at radius 2 is 2.14 bits per heavy atom. The van der Waals surface area contributed by atoms with E-state index in [1.54, 1.807) is 0 Å². The number of hydrogen-bond acceptors (Lipinski definition) is 4. The number of hydrogen-bond donors (Lipinski definition) is 2. The van der Waals surface area contributed by atoms with Gasteiger partial charge in [0.2, 0.25) is 0 Å². The Morgan fingerprint density at radius 3 is 2.86 bits per heavy atom. The molecule has 0 bridgehead atoms. The highest BCUT2D eigenvalue weighted by Crippen LogP contribution is 2.33. The maximum atomic E-state index is 11.4. The van der Waals surface area contributed by atoms with Crippen molar-refractivity contribution in [3.05, 3.63) is 57.3 Å². The molecule has 1 amide bonds. The number of carbonyl (C=O) groups excluding carboxylic acids is 1. The Hall–Kier alpha value is -1.69. The summed E-state index contributed by atoms with van der Waals surface area (Å²) >= 11 is 1.86. The maximum absolute atomic E-state index is 11.4. The van der Waals surface area contributed by atoms with E-state index in [-0.39, 0.29) is 5.91 Å². The lowest BCUT2D eigenvalue weighted by Crippen LogP contribution is -2.32. The molecule has 1 aliphatic heterocycles. The highest BCUT2D eigenvalue weighted by Gasteiger charge is 2.24. The summed E-state index contributed by atoms with van der Waals surface area (Å²) < 4.78 is 0. The topological polar surface area (TPSA) is 58.4 Å². The number of amides is 1. The molecular formula is C16H19N3OS. The van der Waals surface area contributed by atoms with E-state index >= 15 is 0 Å². The van der Waals surface area contributed by atoms with Gasteiger partial charge >= 0.3 is 0 Å². The quantitative estimate of drug-likeness (QED) is 0.520. The SMILES string of the molecule is CC1c2ccsc2CCN1Cc1ccc(C(=O)NN)cc1. The zero-order valence-corrected chi connectivity index (χ0v) is 12.8. The Kier molecular flexibility index (Phi) is 4.05. The van der Waals surface area contributed by atoms with Crippen LogP contribution in [0, 0.1) is 0 Å². The van der Waals surface area contributed by atoms with Gasteiger partial charge in [0.1, 0.15) is 0 Å². The standard InChI is InChI=1S/C16H19N3OS/c1-11-14-7-9-21-15(14)6-8-19(11)10-12-2-4-13(5-3-12)16(20)18-17/h2-5,7,9,11H,6,8,10,17H2,1H3,(H,18,20). The van der Waals surface area contributed by atoms with Crippen molar-refractivity contribution in [3.63, 3.8) is 0 Å². The van der Waals surface area contributed by atoms with E-state index in [1.165, 1.54) is 16.0 Å². The number of nitrogens with two attached hydrogens (primary N) is 1. The van der Waals surface area contributed by atoms with Crippen molar-refractivity contribution >= 4 is 17.2 Å². The predicted molar refractivity (Wildman–Crippen MR) is 84.9 cm³/mol. The molecule has 1 atom stereocenters. The molecule has 2 aromatic rings. The molecule has 21 heavy (non-hydrogen) atoms. The minimum absolute atomic E-state index is 0.254. The van der Waals surface area contributed by atoms with Crippen molar-refractivity contribution in [2.75, 3.05) is 6.54 Å². The molecule has 4 nitrogen and oxygen atoms in total. The monoisotopic (exact) mass is 301 g/mol. The van der Waals surface area contributed by atoms with Crippen LogP contribution in [0.1, 0.15) is 39.3 Å². The zero-order chi connectivity index (χ0) is 14.8. The Balaban J connectivity index is 1.71. The Morgan fingerprint density at radius 1 is 1.38 bits per heavy atom. The van der Waals surface area contributed by atoms with Crippen molar-refractivity contribution in [3.8, 4) is 0 Å². The molecular weight excluding hydrogens is 282 g/mol. The van der Waals surface area contributed by atoms with E-state index in [0.29, 0.717) is 11.6 Å². The molecule has 3 rings (SSSR count). The summed E-state index contributed by atoms with van der Waals surface area (Å²) in [6, 6.07) is 10.3. The van der Waals surface area contributed by atoms with E-state index in [0.717, 1.165) is 19.5 Å². The summed E-state index contributed by atoms with van der Waals surface area (Å²) in [6.07, 6.45) is 1.13. The van der Waals surface area contributed by atoms with Crippen molar-refractivity contribution < 1.29 is 4.79 Å². The molecule has 0 fully saturated rings. The molecule has 1 aromatic carbocycles. The molecule has 3 N–H and O–H groups in total. The van der Waals surface area contributed by atoms with Gasteiger partial charge in [-0.15, -0.1) is 11.3 Å². The first-order chi connectivity index (χ1) is 10.2. The zero-order valence-electron chi connectivity index (χ0n) is 12.0. The summed E-state index contributed by atoms with van der Waals surface area (Å²) in [7, 11) is 0. The summed E-state index contributed by atoms with van der Waals surface area (Å²) in [5.74, 6) is 4.88. The van der Waals surface area contributed by atoms with E-state index < -0.39 is 0 Å². The average Bonchev–Trinajstić information content (AvgIpc) is 2.99. The van der Waals surface area contributed by atoms with Crippen LogP contribution in [0.3, 0.4) is 0 Å². The van der Waals surface area contributed by atoms with Gasteiger partial charge < -0.3 is 0 Å². The molecule has 1 aliphatic rings. The average molecular weight is 301 g/mol. The number of nitrogen functional groups attached to an aromatic ring is 1. The number of carbonyl (C=O) groups is 1. The number of rotatable bonds is 3. The summed E-state index contributed by atoms with van der Waals surface area (Å²) in [5, 5.41) is 2.19. The van der Waals surface area contributed by atoms with E-state index in [9.17, 15) is 4.79 Å². The molecule has 2 heterocycles. The van der Waals surface area contributed by atoms with Crippen LogP contribution in [0.2, 0.25) is 0 Å². The van der Waals surface area contributed by atoms with Gasteiger partial charge in [-0.25, -0.2) is 5.84 Å². The van der Waals surface area contributed by atoms with Crippen molar-refractivity contribution in [1.82, 2.24) is 10.3 Å². The molecule has 0 spiro atoms. The number of nitrogens with zero attached hydrogens (tertiary/aromatic N) is 1. The van der Waals surface area contributed by atoms with Gasteiger partial charge in [0.15, 0.2) is 0 Å². The Labute approximate surface area is 128 Å². The van der Waals surface area contributed by atoms with Gasteiger partial charge in [0, 0.05) is 29.6 Å². The minimum atomic E-state index is -0.254. The van der Waals surface area contributed by atoms with Gasteiger partial charge in [-0.2, -0.15) is 0 Å². The summed E-state index contributed by atoms with van der Waals surface area (Å²) in [4.78, 5) is 15.4. The Bertz CT molecular complexity index is 635. The lowest BCUT2D eigenvalue weighted by molar-refractivity contribution is 0.0953. The van der Waals surface area contributed by atoms with Gasteiger partial charge in [-0.3, -0.25) is 15.1 Å². The van der Waals surface area contributed by atoms with E-state index in [1.807, 2.05) is 35.6 Å². The van der Waals surface area contributed by atoms with Crippen LogP contribution in [0.4, 0.5) is 0 Å². The maximum Gasteiger partial charge on any atom is 0.265 e. The largest absolute Gasteiger partial charge is 0.292 e. The predicted octanol–water partition coefficient (Wildman–Crippen LogP) is 2.47. The third-order valence-electron chi connectivity index (χ3n) is 4.14. The van der Waals surface area contributed by atoms with Crippen LogP contribution < -0.4 is 11.3 Å². The normalized spacial score (nSPS) is 18.3. The molecule has 0 saturated carbocycles. The molecule has 1 unspecified atom stereocenters. The molecule has 110 valence electrons. The molecule has 0 saturated heterocycles. The van der Waals surface area contributed by atoms with Gasteiger partial charge in [-0.05, 0) is 48.1 Å². The highest BCUT2D eigenvalue weighted by atomic mass is 32.1. The van der Waals surface area contributed by atoms with Gasteiger partial charge in [-0.1, -0.05) is 12.1 Å². The third-order valence-corrected chi connectivity index (χ3v) is 5.13. The van der Waals surface area contributed by atoms with Crippen LogP contribution in [-0.4, -0.2) is 17.4 Å². The second-order valence-corrected chi connectivity index (χ2v) is 6.37. The summed E-state index contributed by atoms with van der Waals surface area (Å²) in [5.41, 5.74) is 5.42. The van der Waals surface area contributed by atoms with Crippen LogP contribution in [0.15, 0.2) is 35.7 Å². The fourth-order valence-electron chi connectivity index (χ4n) is 2.86. The second-order valence-electron chi connectivity index (χ2n) is 5.37. The first kappa shape index (κ1) is 14.3. The van der Waals surface area contributed by atoms with Crippen molar-refractivity contribution in [1.29, 1.82) is 0 Å². The summed E-state index contributed by atoms with van der Waals surface area (Å²) in [6.45, 7) is 4.25. The number of hydrazine groups is 1. The molecule has 5 heteroatoms. The second kappa shape index (κ2) is 5.97. The van der Waals surface area contributed by atoms with Crippen molar-refractivity contribution in [2.45, 2.75) is 25.9 Å². The first-order valence-electron chi connectivity index (χ1n) is 7.09. The fraction of sp³-hybridized carbons (Fsp3) is 0.312. The van der Waals surface area contributed by atoms with Gasteiger partial charge in [0.05, 0.1) is 0 Å². The van der Waals surface area contributed by atoms with Crippen molar-refractivity contribution in [2.24, 2.45) is 5.84 Å². The van der Waals surface area contributed by atoms with Crippen LogP contribution in [0.25, 0.3) is 0 Å². The van der Waals surface area contributed by atoms with Crippen LogP contribution in [-0.2, 0) is 13.0 Å². The van der Waals surface area contributed by atoms with E-state index in [4.69, 9.17) is 5.84 Å². The van der Waals surface area contributed by atoms with Crippen LogP contribution >= 0.6 is 11.3 Å². The first-order valence-corrected chi connectivity index (χ1v) is 7.97. The lowest BCUT2D eigenvalue weighted by Gasteiger charge is -2.33. The smallest absolute Gasteiger partial charge is 0.265 e. The molecule has 0 aliphatic carbocycles. The highest BCUT2D eigenvalue weighted by molar-refractivity contribution is 7.10. The number of benzene rings is 1. The van der Waals surface area contributed by atoms with Crippen LogP contribution in [0.5, 0.6) is 0 Å². The van der Waals surface area contributed by atoms with E-state index in [2.05, 4.69) is 28.7 Å². The molecule has 1 aromatic heterocycles. The number of thiophene rings is 1. The van der Waals surface area contributed by atoms with Gasteiger partial charge in [0.25, 0.3) is 5.91 Å². The molecule has 0 radical (unpaired) electrons.